The first-order chi connectivity index (χ1) is 16.0. The standard InChI is InChI=1S/C26H28N4O2S/c1-19-10-12-20(13-11-19)16-30-24(32)21-8-4-5-9-22(21)28-25(30)33-17-23(31)29-26(18-27)14-6-2-3-7-15-26/h4-5,8-13H,2-3,6-7,14-17H2,1H3,(H,29,31). The van der Waals surface area contributed by atoms with Gasteiger partial charge in [-0.3, -0.25) is 14.2 Å². The lowest BCUT2D eigenvalue weighted by Crippen LogP contribution is -2.47. The van der Waals surface area contributed by atoms with Crippen molar-refractivity contribution in [3.05, 3.63) is 70.0 Å². The molecular weight excluding hydrogens is 432 g/mol. The lowest BCUT2D eigenvalue weighted by molar-refractivity contribution is -0.120. The summed E-state index contributed by atoms with van der Waals surface area (Å²) in [5, 5.41) is 13.8. The predicted octanol–water partition coefficient (Wildman–Crippen LogP) is 4.58. The van der Waals surface area contributed by atoms with E-state index >= 15 is 0 Å². The molecule has 0 bridgehead atoms. The number of benzene rings is 2. The number of rotatable bonds is 6. The smallest absolute Gasteiger partial charge is 0.262 e. The summed E-state index contributed by atoms with van der Waals surface area (Å²) in [6.45, 7) is 2.40. The molecule has 2 aromatic carbocycles. The summed E-state index contributed by atoms with van der Waals surface area (Å²) in [6.07, 6.45) is 5.46. The van der Waals surface area contributed by atoms with E-state index in [1.807, 2.05) is 49.4 Å². The Bertz CT molecular complexity index is 1240. The van der Waals surface area contributed by atoms with Gasteiger partial charge < -0.3 is 5.32 Å². The van der Waals surface area contributed by atoms with Gasteiger partial charge in [-0.05, 0) is 37.5 Å². The minimum absolute atomic E-state index is 0.0993. The van der Waals surface area contributed by atoms with Crippen LogP contribution in [-0.2, 0) is 11.3 Å². The third kappa shape index (κ3) is 5.45. The first-order valence-corrected chi connectivity index (χ1v) is 12.4. The third-order valence-electron chi connectivity index (χ3n) is 6.17. The van der Waals surface area contributed by atoms with Gasteiger partial charge in [0.15, 0.2) is 5.16 Å². The van der Waals surface area contributed by atoms with Crippen molar-refractivity contribution in [1.82, 2.24) is 14.9 Å². The molecule has 0 unspecified atom stereocenters. The highest BCUT2D eigenvalue weighted by Gasteiger charge is 2.32. The van der Waals surface area contributed by atoms with E-state index in [0.29, 0.717) is 35.4 Å². The highest BCUT2D eigenvalue weighted by Crippen LogP contribution is 2.27. The molecule has 4 rings (SSSR count). The molecule has 1 aromatic heterocycles. The van der Waals surface area contributed by atoms with Crippen molar-refractivity contribution in [2.24, 2.45) is 0 Å². The van der Waals surface area contributed by atoms with Gasteiger partial charge in [-0.25, -0.2) is 4.98 Å². The fraction of sp³-hybridized carbons (Fsp3) is 0.385. The summed E-state index contributed by atoms with van der Waals surface area (Å²) in [5.74, 6) is -0.102. The predicted molar refractivity (Wildman–Crippen MR) is 131 cm³/mol. The van der Waals surface area contributed by atoms with Gasteiger partial charge in [0.2, 0.25) is 5.91 Å². The Labute approximate surface area is 198 Å². The topological polar surface area (TPSA) is 87.8 Å². The van der Waals surface area contributed by atoms with Gasteiger partial charge in [0, 0.05) is 0 Å². The Kier molecular flexibility index (Phi) is 7.14. The van der Waals surface area contributed by atoms with E-state index in [0.717, 1.165) is 36.8 Å². The van der Waals surface area contributed by atoms with Crippen molar-refractivity contribution >= 4 is 28.6 Å². The summed E-state index contributed by atoms with van der Waals surface area (Å²) in [5.41, 5.74) is 1.85. The molecular formula is C26H28N4O2S. The number of para-hydroxylation sites is 1. The van der Waals surface area contributed by atoms with Crippen LogP contribution >= 0.6 is 11.8 Å². The van der Waals surface area contributed by atoms with Crippen LogP contribution in [0.25, 0.3) is 10.9 Å². The van der Waals surface area contributed by atoms with E-state index in [1.54, 1.807) is 10.6 Å². The lowest BCUT2D eigenvalue weighted by Gasteiger charge is -2.26. The van der Waals surface area contributed by atoms with Crippen LogP contribution in [0.2, 0.25) is 0 Å². The van der Waals surface area contributed by atoms with E-state index in [9.17, 15) is 14.9 Å². The Morgan fingerprint density at radius 3 is 2.52 bits per heavy atom. The van der Waals surface area contributed by atoms with Crippen molar-refractivity contribution in [3.8, 4) is 6.07 Å². The second-order valence-electron chi connectivity index (χ2n) is 8.73. The number of nitrogens with zero attached hydrogens (tertiary/aromatic N) is 3. The van der Waals surface area contributed by atoms with Gasteiger partial charge >= 0.3 is 0 Å². The van der Waals surface area contributed by atoms with Gasteiger partial charge in [0.25, 0.3) is 5.56 Å². The van der Waals surface area contributed by atoms with E-state index in [4.69, 9.17) is 4.98 Å². The molecule has 1 saturated carbocycles. The number of hydrogen-bond donors (Lipinski definition) is 1. The van der Waals surface area contributed by atoms with Crippen LogP contribution in [0.5, 0.6) is 0 Å². The molecule has 0 aliphatic heterocycles. The number of hydrogen-bond acceptors (Lipinski definition) is 5. The second-order valence-corrected chi connectivity index (χ2v) is 9.68. The monoisotopic (exact) mass is 460 g/mol. The molecule has 7 heteroatoms. The van der Waals surface area contributed by atoms with Crippen molar-refractivity contribution in [2.45, 2.75) is 62.7 Å². The van der Waals surface area contributed by atoms with Crippen LogP contribution in [-0.4, -0.2) is 26.8 Å². The number of thioether (sulfide) groups is 1. The highest BCUT2D eigenvalue weighted by molar-refractivity contribution is 7.99. The van der Waals surface area contributed by atoms with Crippen molar-refractivity contribution in [1.29, 1.82) is 5.26 Å². The van der Waals surface area contributed by atoms with E-state index in [2.05, 4.69) is 11.4 Å². The molecule has 0 radical (unpaired) electrons. The molecule has 1 heterocycles. The number of aromatic nitrogens is 2. The van der Waals surface area contributed by atoms with Crippen LogP contribution in [0.3, 0.4) is 0 Å². The fourth-order valence-electron chi connectivity index (χ4n) is 4.30. The zero-order valence-corrected chi connectivity index (χ0v) is 19.7. The fourth-order valence-corrected chi connectivity index (χ4v) is 5.10. The molecule has 1 fully saturated rings. The normalized spacial score (nSPS) is 15.5. The molecule has 33 heavy (non-hydrogen) atoms. The lowest BCUT2D eigenvalue weighted by atomic mass is 9.92. The molecule has 6 nitrogen and oxygen atoms in total. The molecule has 1 amide bonds. The Balaban J connectivity index is 1.58. The third-order valence-corrected chi connectivity index (χ3v) is 7.15. The number of nitriles is 1. The average Bonchev–Trinajstić information content (AvgIpc) is 3.07. The molecule has 170 valence electrons. The summed E-state index contributed by atoms with van der Waals surface area (Å²) in [6, 6.07) is 17.7. The van der Waals surface area contributed by atoms with Gasteiger partial charge in [-0.2, -0.15) is 5.26 Å². The SMILES string of the molecule is Cc1ccc(Cn2c(SCC(=O)NC3(C#N)CCCCCC3)nc3ccccc3c2=O)cc1. The summed E-state index contributed by atoms with van der Waals surface area (Å²) < 4.78 is 1.64. The first-order valence-electron chi connectivity index (χ1n) is 11.4. The number of amides is 1. The zero-order valence-electron chi connectivity index (χ0n) is 18.8. The zero-order chi connectivity index (χ0) is 23.3. The second kappa shape index (κ2) is 10.2. The summed E-state index contributed by atoms with van der Waals surface area (Å²) in [7, 11) is 0. The quantitative estimate of drug-likeness (QED) is 0.331. The summed E-state index contributed by atoms with van der Waals surface area (Å²) in [4.78, 5) is 30.8. The van der Waals surface area contributed by atoms with Gasteiger partial charge in [0.05, 0.1) is 29.3 Å². The van der Waals surface area contributed by atoms with Crippen molar-refractivity contribution < 1.29 is 4.79 Å². The Hall–Kier alpha value is -3.11. The first kappa shape index (κ1) is 23.1. The maximum atomic E-state index is 13.3. The maximum Gasteiger partial charge on any atom is 0.262 e. The molecule has 1 N–H and O–H groups in total. The van der Waals surface area contributed by atoms with Gasteiger partial charge in [-0.15, -0.1) is 0 Å². The number of nitrogens with one attached hydrogen (secondary N) is 1. The molecule has 0 saturated heterocycles. The highest BCUT2D eigenvalue weighted by atomic mass is 32.2. The van der Waals surface area contributed by atoms with Crippen LogP contribution in [0.1, 0.15) is 49.7 Å². The molecule has 1 aliphatic rings. The number of carbonyl (C=O) groups is 1. The van der Waals surface area contributed by atoms with E-state index < -0.39 is 5.54 Å². The van der Waals surface area contributed by atoms with Gasteiger partial charge in [0.1, 0.15) is 5.54 Å². The minimum Gasteiger partial charge on any atom is -0.337 e. The van der Waals surface area contributed by atoms with Crippen molar-refractivity contribution in [3.63, 3.8) is 0 Å². The number of aryl methyl sites for hydroxylation is 1. The molecule has 3 aromatic rings. The van der Waals surface area contributed by atoms with Gasteiger partial charge in [-0.1, -0.05) is 79.4 Å². The molecule has 0 atom stereocenters. The number of carbonyl (C=O) groups excluding carboxylic acids is 1. The Morgan fingerprint density at radius 1 is 1.12 bits per heavy atom. The maximum absolute atomic E-state index is 13.3. The van der Waals surface area contributed by atoms with Crippen LogP contribution < -0.4 is 10.9 Å². The van der Waals surface area contributed by atoms with Crippen LogP contribution in [0.4, 0.5) is 0 Å². The molecule has 1 aliphatic carbocycles. The van der Waals surface area contributed by atoms with Crippen molar-refractivity contribution in [2.75, 3.05) is 5.75 Å². The van der Waals surface area contributed by atoms with E-state index in [-0.39, 0.29) is 17.2 Å². The Morgan fingerprint density at radius 2 is 1.82 bits per heavy atom. The molecule has 0 spiro atoms. The van der Waals surface area contributed by atoms with Crippen LogP contribution in [0, 0.1) is 18.3 Å². The van der Waals surface area contributed by atoms with Crippen LogP contribution in [0.15, 0.2) is 58.5 Å². The average molecular weight is 461 g/mol. The summed E-state index contributed by atoms with van der Waals surface area (Å²) >= 11 is 1.24. The largest absolute Gasteiger partial charge is 0.337 e. The minimum atomic E-state index is -0.785. The van der Waals surface area contributed by atoms with E-state index in [1.165, 1.54) is 11.8 Å². The number of fused-ring (bicyclic) bond motifs is 1.